The number of nitrogens with two attached hydrogens (primary N) is 1. The first-order valence-electron chi connectivity index (χ1n) is 8.82. The first-order valence-corrected chi connectivity index (χ1v) is 10.6. The number of hydrogen-bond acceptors (Lipinski definition) is 7. The molecule has 3 rings (SSSR count). The van der Waals surface area contributed by atoms with Crippen molar-refractivity contribution in [2.75, 3.05) is 7.11 Å². The number of carbonyl (C=O) groups is 2. The highest BCUT2D eigenvalue weighted by atomic mass is 32.2. The molecule has 10 heteroatoms. The van der Waals surface area contributed by atoms with Crippen LogP contribution in [0.5, 0.6) is 5.75 Å². The van der Waals surface area contributed by atoms with Crippen LogP contribution < -0.4 is 15.8 Å². The zero-order chi connectivity index (χ0) is 21.0. The molecule has 29 heavy (non-hydrogen) atoms. The Morgan fingerprint density at radius 2 is 1.97 bits per heavy atom. The minimum Gasteiger partial charge on any atom is -0.495 e. The smallest absolute Gasteiger partial charge is 0.318 e. The number of ether oxygens (including phenoxy) is 1. The van der Waals surface area contributed by atoms with E-state index in [0.29, 0.717) is 16.7 Å². The first-order chi connectivity index (χ1) is 13.9. The number of para-hydroxylation sites is 2. The Morgan fingerprint density at radius 1 is 1.21 bits per heavy atom. The number of amides is 3. The molecule has 152 valence electrons. The molecule has 0 bridgehead atoms. The second-order valence-electron chi connectivity index (χ2n) is 6.43. The minimum absolute atomic E-state index is 0.0765. The summed E-state index contributed by atoms with van der Waals surface area (Å²) in [5.41, 5.74) is 5.88. The number of nitrogens with one attached hydrogen (secondary N) is 1. The van der Waals surface area contributed by atoms with E-state index in [4.69, 9.17) is 10.5 Å². The van der Waals surface area contributed by atoms with Crippen LogP contribution in [0.2, 0.25) is 0 Å². The van der Waals surface area contributed by atoms with Crippen LogP contribution in [0.15, 0.2) is 46.9 Å². The molecule has 0 aliphatic rings. The average Bonchev–Trinajstić information content (AvgIpc) is 3.34. The van der Waals surface area contributed by atoms with Crippen LogP contribution in [0, 0.1) is 5.92 Å². The van der Waals surface area contributed by atoms with E-state index in [9.17, 15) is 9.59 Å². The van der Waals surface area contributed by atoms with Gasteiger partial charge in [0, 0.05) is 0 Å². The fraction of sp³-hybridized carbons (Fsp3) is 0.263. The lowest BCUT2D eigenvalue weighted by atomic mass is 10.1. The van der Waals surface area contributed by atoms with Crippen molar-refractivity contribution < 1.29 is 14.3 Å². The molecule has 0 saturated carbocycles. The zero-order valence-electron chi connectivity index (χ0n) is 16.2. The topological polar surface area (TPSA) is 112 Å². The van der Waals surface area contributed by atoms with Gasteiger partial charge in [0.1, 0.15) is 5.75 Å². The number of nitrogens with zero attached hydrogens (tertiary/aromatic N) is 3. The summed E-state index contributed by atoms with van der Waals surface area (Å²) in [7, 11) is 1.60. The first kappa shape index (κ1) is 20.9. The minimum atomic E-state index is -0.883. The van der Waals surface area contributed by atoms with E-state index in [0.717, 1.165) is 10.6 Å². The van der Waals surface area contributed by atoms with Crippen molar-refractivity contribution in [1.29, 1.82) is 0 Å². The fourth-order valence-corrected chi connectivity index (χ4v) is 4.48. The van der Waals surface area contributed by atoms with Crippen molar-refractivity contribution in [2.24, 2.45) is 11.7 Å². The second-order valence-corrected chi connectivity index (χ2v) is 8.48. The number of thioether (sulfide) groups is 1. The standard InChI is InChI=1S/C19H21N5O3S2/c1-11(2)15(17(25)21-18(20)26)29-19-23-22-16(14-9-6-10-28-14)24(19)12-7-4-5-8-13(12)27-3/h4-11,15H,1-3H3,(H3,20,21,25,26). The number of carbonyl (C=O) groups excluding carboxylic acids is 2. The van der Waals surface area contributed by atoms with E-state index >= 15 is 0 Å². The third-order valence-corrected chi connectivity index (χ3v) is 6.40. The van der Waals surface area contributed by atoms with Crippen LogP contribution in [0.25, 0.3) is 16.4 Å². The average molecular weight is 432 g/mol. The Kier molecular flexibility index (Phi) is 6.55. The van der Waals surface area contributed by atoms with E-state index in [1.165, 1.54) is 23.1 Å². The van der Waals surface area contributed by atoms with Crippen LogP contribution in [-0.2, 0) is 4.79 Å². The molecule has 3 aromatic rings. The van der Waals surface area contributed by atoms with Crippen molar-refractivity contribution in [1.82, 2.24) is 20.1 Å². The maximum Gasteiger partial charge on any atom is 0.318 e. The van der Waals surface area contributed by atoms with Crippen LogP contribution in [0.4, 0.5) is 4.79 Å². The van der Waals surface area contributed by atoms with Gasteiger partial charge >= 0.3 is 6.03 Å². The second kappa shape index (κ2) is 9.10. The molecule has 1 atom stereocenters. The van der Waals surface area contributed by atoms with Gasteiger partial charge in [0.15, 0.2) is 11.0 Å². The quantitative estimate of drug-likeness (QED) is 0.555. The number of thiophene rings is 1. The Bertz CT molecular complexity index is 1000. The molecule has 2 aromatic heterocycles. The van der Waals surface area contributed by atoms with Crippen LogP contribution in [0.1, 0.15) is 13.8 Å². The van der Waals surface area contributed by atoms with Gasteiger partial charge in [-0.1, -0.05) is 43.8 Å². The summed E-state index contributed by atoms with van der Waals surface area (Å²) < 4.78 is 7.39. The highest BCUT2D eigenvalue weighted by molar-refractivity contribution is 8.00. The molecule has 8 nitrogen and oxygen atoms in total. The van der Waals surface area contributed by atoms with Crippen molar-refractivity contribution in [3.05, 3.63) is 41.8 Å². The molecule has 1 aromatic carbocycles. The molecular weight excluding hydrogens is 410 g/mol. The van der Waals surface area contributed by atoms with Gasteiger partial charge < -0.3 is 10.5 Å². The predicted octanol–water partition coefficient (Wildman–Crippen LogP) is 3.32. The highest BCUT2D eigenvalue weighted by Gasteiger charge is 2.29. The van der Waals surface area contributed by atoms with E-state index in [1.807, 2.05) is 60.2 Å². The summed E-state index contributed by atoms with van der Waals surface area (Å²) in [6.07, 6.45) is 0. The predicted molar refractivity (Wildman–Crippen MR) is 113 cm³/mol. The van der Waals surface area contributed by atoms with Gasteiger partial charge in [-0.3, -0.25) is 14.7 Å². The number of primary amides is 1. The number of aromatic nitrogens is 3. The molecule has 0 radical (unpaired) electrons. The van der Waals surface area contributed by atoms with Crippen molar-refractivity contribution >= 4 is 35.0 Å². The van der Waals surface area contributed by atoms with Crippen LogP contribution in [0.3, 0.4) is 0 Å². The molecule has 0 fully saturated rings. The van der Waals surface area contributed by atoms with Crippen molar-refractivity contribution in [3.8, 4) is 22.1 Å². The lowest BCUT2D eigenvalue weighted by Gasteiger charge is -2.19. The maximum atomic E-state index is 12.5. The molecule has 3 amide bonds. The summed E-state index contributed by atoms with van der Waals surface area (Å²) in [5, 5.41) is 12.7. The number of rotatable bonds is 7. The number of methoxy groups -OCH3 is 1. The third kappa shape index (κ3) is 4.60. The molecule has 0 spiro atoms. The fourth-order valence-electron chi connectivity index (χ4n) is 2.74. The molecule has 3 N–H and O–H groups in total. The third-order valence-electron chi connectivity index (χ3n) is 4.04. The Hall–Kier alpha value is -2.85. The SMILES string of the molecule is COc1ccccc1-n1c(SC(C(=O)NC(N)=O)C(C)C)nnc1-c1cccs1. The highest BCUT2D eigenvalue weighted by Crippen LogP contribution is 2.36. The van der Waals surface area contributed by atoms with Gasteiger partial charge in [-0.15, -0.1) is 21.5 Å². The largest absolute Gasteiger partial charge is 0.495 e. The Balaban J connectivity index is 2.10. The zero-order valence-corrected chi connectivity index (χ0v) is 17.8. The number of imide groups is 1. The maximum absolute atomic E-state index is 12.5. The van der Waals surface area contributed by atoms with Gasteiger partial charge in [0.05, 0.1) is 22.9 Å². The molecule has 2 heterocycles. The van der Waals surface area contributed by atoms with E-state index in [2.05, 4.69) is 15.5 Å². The molecular formula is C19H21N5O3S2. The molecule has 0 aliphatic carbocycles. The number of urea groups is 1. The number of benzene rings is 1. The van der Waals surface area contributed by atoms with Crippen molar-refractivity contribution in [3.63, 3.8) is 0 Å². The van der Waals surface area contributed by atoms with Gasteiger partial charge in [-0.05, 0) is 29.5 Å². The molecule has 0 saturated heterocycles. The van der Waals surface area contributed by atoms with E-state index < -0.39 is 17.2 Å². The monoisotopic (exact) mass is 431 g/mol. The molecule has 1 unspecified atom stereocenters. The Labute approximate surface area is 176 Å². The summed E-state index contributed by atoms with van der Waals surface area (Å²) >= 11 is 2.76. The van der Waals surface area contributed by atoms with Crippen molar-refractivity contribution in [2.45, 2.75) is 24.3 Å². The molecule has 0 aliphatic heterocycles. The summed E-state index contributed by atoms with van der Waals surface area (Å²) in [5.74, 6) is 0.747. The summed E-state index contributed by atoms with van der Waals surface area (Å²) in [6.45, 7) is 3.78. The normalized spacial score (nSPS) is 12.0. The summed E-state index contributed by atoms with van der Waals surface area (Å²) in [6, 6.07) is 10.5. The van der Waals surface area contributed by atoms with Gasteiger partial charge in [-0.25, -0.2) is 4.79 Å². The van der Waals surface area contributed by atoms with Gasteiger partial charge in [-0.2, -0.15) is 0 Å². The summed E-state index contributed by atoms with van der Waals surface area (Å²) in [4.78, 5) is 24.6. The lowest BCUT2D eigenvalue weighted by Crippen LogP contribution is -2.42. The lowest BCUT2D eigenvalue weighted by molar-refractivity contribution is -0.120. The van der Waals surface area contributed by atoms with E-state index in [-0.39, 0.29) is 5.92 Å². The van der Waals surface area contributed by atoms with Gasteiger partial charge in [0.2, 0.25) is 5.91 Å². The van der Waals surface area contributed by atoms with Crippen LogP contribution in [-0.4, -0.2) is 39.1 Å². The Morgan fingerprint density at radius 3 is 2.59 bits per heavy atom. The van der Waals surface area contributed by atoms with Crippen LogP contribution >= 0.6 is 23.1 Å². The van der Waals surface area contributed by atoms with E-state index in [1.54, 1.807) is 7.11 Å². The van der Waals surface area contributed by atoms with Gasteiger partial charge in [0.25, 0.3) is 0 Å². The number of hydrogen-bond donors (Lipinski definition) is 2.